The molecule has 0 spiro atoms. The van der Waals surface area contributed by atoms with Gasteiger partial charge in [-0.25, -0.2) is 9.97 Å². The van der Waals surface area contributed by atoms with Gasteiger partial charge in [-0.2, -0.15) is 0 Å². The Balaban J connectivity index is 1.87. The van der Waals surface area contributed by atoms with Crippen LogP contribution < -0.4 is 0 Å². The summed E-state index contributed by atoms with van der Waals surface area (Å²) in [6.07, 6.45) is 6.21. The first-order valence-corrected chi connectivity index (χ1v) is 6.31. The largest absolute Gasteiger partial charge is 0.393 e. The zero-order valence-corrected chi connectivity index (χ0v) is 9.85. The molecule has 3 N–H and O–H groups in total. The number of aliphatic hydroxyl groups is 1. The minimum atomic E-state index is -0.173. The highest BCUT2D eigenvalue weighted by Gasteiger charge is 2.26. The number of imidazole rings is 1. The molecule has 1 saturated carbocycles. The Morgan fingerprint density at radius 1 is 1.33 bits per heavy atom. The SMILES string of the molecule is OC1CCC(c2nc3c(cnc4[nH]ccc43)[nH]2)C1. The van der Waals surface area contributed by atoms with Gasteiger partial charge in [-0.3, -0.25) is 0 Å². The molecule has 4 rings (SSSR count). The van der Waals surface area contributed by atoms with Crippen LogP contribution in [0.15, 0.2) is 18.5 Å². The number of hydrogen-bond acceptors (Lipinski definition) is 3. The Labute approximate surface area is 103 Å². The zero-order chi connectivity index (χ0) is 12.1. The smallest absolute Gasteiger partial charge is 0.139 e. The molecule has 0 bridgehead atoms. The maximum atomic E-state index is 9.62. The maximum Gasteiger partial charge on any atom is 0.139 e. The van der Waals surface area contributed by atoms with Gasteiger partial charge in [-0.05, 0) is 25.3 Å². The average molecular weight is 242 g/mol. The molecule has 2 atom stereocenters. The van der Waals surface area contributed by atoms with Crippen LogP contribution in [0.1, 0.15) is 31.0 Å². The van der Waals surface area contributed by atoms with Crippen molar-refractivity contribution in [3.05, 3.63) is 24.3 Å². The lowest BCUT2D eigenvalue weighted by atomic mass is 10.1. The minimum absolute atomic E-state index is 0.173. The second-order valence-electron chi connectivity index (χ2n) is 5.05. The fourth-order valence-electron chi connectivity index (χ4n) is 2.89. The number of rotatable bonds is 1. The molecule has 5 heteroatoms. The number of aromatic nitrogens is 4. The van der Waals surface area contributed by atoms with Crippen molar-refractivity contribution in [2.75, 3.05) is 0 Å². The number of pyridine rings is 1. The molecule has 3 aromatic rings. The van der Waals surface area contributed by atoms with E-state index in [1.165, 1.54) is 0 Å². The third kappa shape index (κ3) is 1.37. The molecule has 3 aromatic heterocycles. The molecule has 0 amide bonds. The van der Waals surface area contributed by atoms with Gasteiger partial charge in [0, 0.05) is 17.5 Å². The van der Waals surface area contributed by atoms with E-state index >= 15 is 0 Å². The average Bonchev–Trinajstić information content (AvgIpc) is 3.04. The first-order chi connectivity index (χ1) is 8.81. The molecule has 0 saturated heterocycles. The van der Waals surface area contributed by atoms with Crippen LogP contribution in [0, 0.1) is 0 Å². The number of fused-ring (bicyclic) bond motifs is 3. The predicted octanol–water partition coefficient (Wildman–Crippen LogP) is 2.07. The van der Waals surface area contributed by atoms with E-state index in [4.69, 9.17) is 4.98 Å². The van der Waals surface area contributed by atoms with Crippen LogP contribution in [0.2, 0.25) is 0 Å². The third-order valence-corrected chi connectivity index (χ3v) is 3.84. The molecular weight excluding hydrogens is 228 g/mol. The van der Waals surface area contributed by atoms with Crippen molar-refractivity contribution in [3.63, 3.8) is 0 Å². The van der Waals surface area contributed by atoms with Crippen LogP contribution in [0.3, 0.4) is 0 Å². The normalized spacial score (nSPS) is 24.3. The van der Waals surface area contributed by atoms with Gasteiger partial charge in [0.05, 0.1) is 17.8 Å². The summed E-state index contributed by atoms with van der Waals surface area (Å²) < 4.78 is 0. The van der Waals surface area contributed by atoms with E-state index in [1.807, 2.05) is 18.5 Å². The van der Waals surface area contributed by atoms with Crippen LogP contribution in [0.4, 0.5) is 0 Å². The lowest BCUT2D eigenvalue weighted by Gasteiger charge is -2.03. The first kappa shape index (κ1) is 10.1. The summed E-state index contributed by atoms with van der Waals surface area (Å²) in [7, 11) is 0. The summed E-state index contributed by atoms with van der Waals surface area (Å²) in [4.78, 5) is 15.5. The van der Waals surface area contributed by atoms with Gasteiger partial charge in [0.1, 0.15) is 17.0 Å². The summed E-state index contributed by atoms with van der Waals surface area (Å²) in [5.41, 5.74) is 2.81. The predicted molar refractivity (Wildman–Crippen MR) is 68.3 cm³/mol. The summed E-state index contributed by atoms with van der Waals surface area (Å²) in [5, 5.41) is 10.7. The van der Waals surface area contributed by atoms with Crippen molar-refractivity contribution < 1.29 is 5.11 Å². The monoisotopic (exact) mass is 242 g/mol. The van der Waals surface area contributed by atoms with E-state index in [0.29, 0.717) is 5.92 Å². The van der Waals surface area contributed by atoms with E-state index in [-0.39, 0.29) is 6.10 Å². The molecule has 1 fully saturated rings. The first-order valence-electron chi connectivity index (χ1n) is 6.31. The van der Waals surface area contributed by atoms with Gasteiger partial charge in [-0.15, -0.1) is 0 Å². The van der Waals surface area contributed by atoms with Crippen molar-refractivity contribution in [2.24, 2.45) is 0 Å². The van der Waals surface area contributed by atoms with Gasteiger partial charge in [-0.1, -0.05) is 0 Å². The fraction of sp³-hybridized carbons (Fsp3) is 0.385. The number of aromatic amines is 2. The highest BCUT2D eigenvalue weighted by Crippen LogP contribution is 2.34. The molecule has 92 valence electrons. The van der Waals surface area contributed by atoms with E-state index in [2.05, 4.69) is 15.0 Å². The summed E-state index contributed by atoms with van der Waals surface area (Å²) in [6, 6.07) is 2.00. The highest BCUT2D eigenvalue weighted by molar-refractivity contribution is 6.00. The van der Waals surface area contributed by atoms with Crippen LogP contribution in [0.5, 0.6) is 0 Å². The second kappa shape index (κ2) is 3.55. The standard InChI is InChI=1S/C13H14N4O/c18-8-2-1-7(5-8)12-16-10-6-15-13-9(3-4-14-13)11(10)17-12/h3-4,6-8,18H,1-2,5H2,(H,14,15)(H,16,17). The molecule has 0 aliphatic heterocycles. The molecule has 1 aliphatic rings. The molecule has 0 aromatic carbocycles. The van der Waals surface area contributed by atoms with Crippen molar-refractivity contribution in [1.29, 1.82) is 0 Å². The van der Waals surface area contributed by atoms with Gasteiger partial charge in [0.15, 0.2) is 0 Å². The van der Waals surface area contributed by atoms with E-state index < -0.39 is 0 Å². The zero-order valence-electron chi connectivity index (χ0n) is 9.85. The number of aliphatic hydroxyl groups excluding tert-OH is 1. The molecule has 1 aliphatic carbocycles. The Kier molecular flexibility index (Phi) is 1.99. The summed E-state index contributed by atoms with van der Waals surface area (Å²) in [5.74, 6) is 1.33. The van der Waals surface area contributed by atoms with E-state index in [9.17, 15) is 5.11 Å². The molecular formula is C13H14N4O. The fourth-order valence-corrected chi connectivity index (χ4v) is 2.89. The molecule has 3 heterocycles. The van der Waals surface area contributed by atoms with Crippen LogP contribution in [-0.2, 0) is 0 Å². The third-order valence-electron chi connectivity index (χ3n) is 3.84. The topological polar surface area (TPSA) is 77.6 Å². The second-order valence-corrected chi connectivity index (χ2v) is 5.05. The number of H-pyrrole nitrogens is 2. The summed E-state index contributed by atoms with van der Waals surface area (Å²) in [6.45, 7) is 0. The maximum absolute atomic E-state index is 9.62. The molecule has 5 nitrogen and oxygen atoms in total. The Bertz CT molecular complexity index is 714. The minimum Gasteiger partial charge on any atom is -0.393 e. The number of hydrogen-bond donors (Lipinski definition) is 3. The quantitative estimate of drug-likeness (QED) is 0.611. The van der Waals surface area contributed by atoms with Crippen LogP contribution >= 0.6 is 0 Å². The molecule has 0 radical (unpaired) electrons. The van der Waals surface area contributed by atoms with Crippen molar-refractivity contribution in [2.45, 2.75) is 31.3 Å². The molecule has 18 heavy (non-hydrogen) atoms. The molecule has 2 unspecified atom stereocenters. The van der Waals surface area contributed by atoms with Crippen LogP contribution in [-0.4, -0.2) is 31.1 Å². The lowest BCUT2D eigenvalue weighted by Crippen LogP contribution is -2.00. The summed E-state index contributed by atoms with van der Waals surface area (Å²) >= 11 is 0. The lowest BCUT2D eigenvalue weighted by molar-refractivity contribution is 0.181. The Morgan fingerprint density at radius 2 is 2.28 bits per heavy atom. The van der Waals surface area contributed by atoms with Gasteiger partial charge >= 0.3 is 0 Å². The van der Waals surface area contributed by atoms with Gasteiger partial charge < -0.3 is 15.1 Å². The van der Waals surface area contributed by atoms with Gasteiger partial charge in [0.2, 0.25) is 0 Å². The van der Waals surface area contributed by atoms with Gasteiger partial charge in [0.25, 0.3) is 0 Å². The number of nitrogens with one attached hydrogen (secondary N) is 2. The number of nitrogens with zero attached hydrogens (tertiary/aromatic N) is 2. The Hall–Kier alpha value is -1.88. The van der Waals surface area contributed by atoms with Crippen molar-refractivity contribution >= 4 is 22.1 Å². The van der Waals surface area contributed by atoms with E-state index in [1.54, 1.807) is 0 Å². The highest BCUT2D eigenvalue weighted by atomic mass is 16.3. The van der Waals surface area contributed by atoms with Crippen molar-refractivity contribution in [1.82, 2.24) is 19.9 Å². The Morgan fingerprint density at radius 3 is 3.11 bits per heavy atom. The van der Waals surface area contributed by atoms with Crippen LogP contribution in [0.25, 0.3) is 22.1 Å². The van der Waals surface area contributed by atoms with Crippen molar-refractivity contribution in [3.8, 4) is 0 Å². The van der Waals surface area contributed by atoms with E-state index in [0.717, 1.165) is 47.2 Å².